The Kier molecular flexibility index (Phi) is 4.43. The van der Waals surface area contributed by atoms with Crippen molar-refractivity contribution in [2.45, 2.75) is 65.1 Å². The summed E-state index contributed by atoms with van der Waals surface area (Å²) in [6, 6.07) is 1.99. The highest BCUT2D eigenvalue weighted by Crippen LogP contribution is 2.23. The van der Waals surface area contributed by atoms with Gasteiger partial charge in [0, 0.05) is 12.1 Å². The Hall–Kier alpha value is -0.840. The highest BCUT2D eigenvalue weighted by molar-refractivity contribution is 5.19. The summed E-state index contributed by atoms with van der Waals surface area (Å²) in [6.45, 7) is 7.15. The number of ether oxygens (including phenoxy) is 2. The van der Waals surface area contributed by atoms with E-state index in [0.717, 1.165) is 29.9 Å². The Bertz CT molecular complexity index is 378. The number of nitrogens with two attached hydrogens (primary N) is 1. The Labute approximate surface area is 108 Å². The van der Waals surface area contributed by atoms with Gasteiger partial charge in [-0.3, -0.25) is 0 Å². The second-order valence-electron chi connectivity index (χ2n) is 5.16. The van der Waals surface area contributed by atoms with Crippen LogP contribution in [0, 0.1) is 6.92 Å². The zero-order valence-corrected chi connectivity index (χ0v) is 11.4. The molecule has 4 heteroatoms. The molecule has 2 rings (SSSR count). The summed E-state index contributed by atoms with van der Waals surface area (Å²) in [7, 11) is 0. The Morgan fingerprint density at radius 3 is 2.56 bits per heavy atom. The maximum Gasteiger partial charge on any atom is 0.130 e. The van der Waals surface area contributed by atoms with Gasteiger partial charge in [0.15, 0.2) is 0 Å². The molecule has 0 bridgehead atoms. The lowest BCUT2D eigenvalue weighted by molar-refractivity contribution is -0.108. The second kappa shape index (κ2) is 5.87. The Morgan fingerprint density at radius 2 is 2.00 bits per heavy atom. The van der Waals surface area contributed by atoms with Gasteiger partial charge in [-0.1, -0.05) is 0 Å². The van der Waals surface area contributed by atoms with Crippen molar-refractivity contribution in [1.82, 2.24) is 0 Å². The van der Waals surface area contributed by atoms with Crippen LogP contribution in [0.2, 0.25) is 0 Å². The third-order valence-electron chi connectivity index (χ3n) is 3.41. The molecule has 1 aliphatic heterocycles. The molecule has 1 saturated heterocycles. The average Bonchev–Trinajstić information content (AvgIpc) is 2.66. The first-order valence-electron chi connectivity index (χ1n) is 6.63. The third-order valence-corrected chi connectivity index (χ3v) is 3.41. The van der Waals surface area contributed by atoms with Crippen molar-refractivity contribution in [2.24, 2.45) is 5.73 Å². The molecule has 2 N–H and O–H groups in total. The van der Waals surface area contributed by atoms with E-state index in [1.807, 2.05) is 13.0 Å². The summed E-state index contributed by atoms with van der Waals surface area (Å²) < 4.78 is 17.2. The van der Waals surface area contributed by atoms with Gasteiger partial charge in [0.25, 0.3) is 0 Å². The minimum Gasteiger partial charge on any atom is -0.464 e. The van der Waals surface area contributed by atoms with Gasteiger partial charge in [0.1, 0.15) is 18.1 Å². The van der Waals surface area contributed by atoms with Gasteiger partial charge in [-0.2, -0.15) is 0 Å². The molecule has 1 aromatic rings. The zero-order chi connectivity index (χ0) is 13.1. The molecule has 0 aromatic carbocycles. The van der Waals surface area contributed by atoms with Crippen molar-refractivity contribution in [1.29, 1.82) is 0 Å². The van der Waals surface area contributed by atoms with E-state index in [-0.39, 0.29) is 18.3 Å². The minimum atomic E-state index is 0.260. The zero-order valence-electron chi connectivity index (χ0n) is 11.4. The lowest BCUT2D eigenvalue weighted by Crippen LogP contribution is -2.33. The second-order valence-corrected chi connectivity index (χ2v) is 5.16. The van der Waals surface area contributed by atoms with Crippen LogP contribution in [-0.2, 0) is 22.6 Å². The van der Waals surface area contributed by atoms with Gasteiger partial charge in [-0.05, 0) is 39.7 Å². The van der Waals surface area contributed by atoms with E-state index in [1.165, 1.54) is 0 Å². The monoisotopic (exact) mass is 253 g/mol. The topological polar surface area (TPSA) is 57.6 Å². The molecule has 1 aliphatic rings. The molecule has 18 heavy (non-hydrogen) atoms. The molecule has 0 radical (unpaired) electrons. The standard InChI is InChI=1S/C14H23NO3/c1-9-4-13(5-10(2)17-9)16-8-14-6-12(7-15)11(3)18-14/h6,9-10,13H,4-5,7-8,15H2,1-3H3. The number of rotatable bonds is 4. The number of hydrogen-bond donors (Lipinski definition) is 1. The van der Waals surface area contributed by atoms with Gasteiger partial charge in [0.2, 0.25) is 0 Å². The third kappa shape index (κ3) is 3.34. The summed E-state index contributed by atoms with van der Waals surface area (Å²) >= 11 is 0. The summed E-state index contributed by atoms with van der Waals surface area (Å²) in [4.78, 5) is 0. The SMILES string of the molecule is Cc1oc(COC2CC(C)OC(C)C2)cc1CN. The molecule has 2 unspecified atom stereocenters. The molecule has 4 nitrogen and oxygen atoms in total. The van der Waals surface area contributed by atoms with Crippen LogP contribution >= 0.6 is 0 Å². The van der Waals surface area contributed by atoms with Crippen LogP contribution in [0.25, 0.3) is 0 Å². The van der Waals surface area contributed by atoms with E-state index in [9.17, 15) is 0 Å². The van der Waals surface area contributed by atoms with E-state index in [1.54, 1.807) is 0 Å². The fraction of sp³-hybridized carbons (Fsp3) is 0.714. The fourth-order valence-corrected chi connectivity index (χ4v) is 2.54. The van der Waals surface area contributed by atoms with Gasteiger partial charge in [-0.25, -0.2) is 0 Å². The van der Waals surface area contributed by atoms with Crippen LogP contribution in [0.1, 0.15) is 43.8 Å². The molecule has 1 aromatic heterocycles. The van der Waals surface area contributed by atoms with E-state index in [4.69, 9.17) is 19.6 Å². The molecule has 2 heterocycles. The first kappa shape index (κ1) is 13.6. The van der Waals surface area contributed by atoms with Crippen LogP contribution in [-0.4, -0.2) is 18.3 Å². The van der Waals surface area contributed by atoms with E-state index in [0.29, 0.717) is 13.2 Å². The molecule has 0 spiro atoms. The normalized spacial score (nSPS) is 28.6. The molecule has 1 fully saturated rings. The maximum atomic E-state index is 5.91. The van der Waals surface area contributed by atoms with E-state index >= 15 is 0 Å². The van der Waals surface area contributed by atoms with Crippen molar-refractivity contribution in [3.8, 4) is 0 Å². The molecule has 0 saturated carbocycles. The van der Waals surface area contributed by atoms with E-state index in [2.05, 4.69) is 13.8 Å². The predicted molar refractivity (Wildman–Crippen MR) is 69.2 cm³/mol. The summed E-state index contributed by atoms with van der Waals surface area (Å²) in [5.41, 5.74) is 6.68. The minimum absolute atomic E-state index is 0.260. The Morgan fingerprint density at radius 1 is 1.33 bits per heavy atom. The summed E-state index contributed by atoms with van der Waals surface area (Å²) in [6.07, 6.45) is 2.71. The summed E-state index contributed by atoms with van der Waals surface area (Å²) in [5.74, 6) is 1.75. The van der Waals surface area contributed by atoms with Gasteiger partial charge in [-0.15, -0.1) is 0 Å². The smallest absolute Gasteiger partial charge is 0.130 e. The molecular weight excluding hydrogens is 230 g/mol. The first-order chi connectivity index (χ1) is 8.58. The van der Waals surface area contributed by atoms with Crippen molar-refractivity contribution >= 4 is 0 Å². The average molecular weight is 253 g/mol. The van der Waals surface area contributed by atoms with Crippen molar-refractivity contribution < 1.29 is 13.9 Å². The molecule has 2 atom stereocenters. The van der Waals surface area contributed by atoms with Crippen LogP contribution in [0.15, 0.2) is 10.5 Å². The number of furan rings is 1. The van der Waals surface area contributed by atoms with Gasteiger partial charge >= 0.3 is 0 Å². The van der Waals surface area contributed by atoms with Crippen molar-refractivity contribution in [3.05, 3.63) is 23.2 Å². The quantitative estimate of drug-likeness (QED) is 0.895. The lowest BCUT2D eigenvalue weighted by atomic mass is 10.0. The van der Waals surface area contributed by atoms with Gasteiger partial charge in [0.05, 0.1) is 18.3 Å². The number of hydrogen-bond acceptors (Lipinski definition) is 4. The fourth-order valence-electron chi connectivity index (χ4n) is 2.54. The largest absolute Gasteiger partial charge is 0.464 e. The number of aryl methyl sites for hydroxylation is 1. The highest BCUT2D eigenvalue weighted by atomic mass is 16.5. The van der Waals surface area contributed by atoms with Crippen LogP contribution in [0.3, 0.4) is 0 Å². The van der Waals surface area contributed by atoms with Crippen LogP contribution < -0.4 is 5.73 Å². The molecule has 0 aliphatic carbocycles. The van der Waals surface area contributed by atoms with Crippen molar-refractivity contribution in [2.75, 3.05) is 0 Å². The molecular formula is C14H23NO3. The summed E-state index contributed by atoms with van der Waals surface area (Å²) in [5, 5.41) is 0. The van der Waals surface area contributed by atoms with Crippen molar-refractivity contribution in [3.63, 3.8) is 0 Å². The van der Waals surface area contributed by atoms with Crippen LogP contribution in [0.5, 0.6) is 0 Å². The first-order valence-corrected chi connectivity index (χ1v) is 6.63. The van der Waals surface area contributed by atoms with E-state index < -0.39 is 0 Å². The molecule has 102 valence electrons. The predicted octanol–water partition coefficient (Wildman–Crippen LogP) is 2.52. The highest BCUT2D eigenvalue weighted by Gasteiger charge is 2.25. The van der Waals surface area contributed by atoms with Gasteiger partial charge < -0.3 is 19.6 Å². The van der Waals surface area contributed by atoms with Crippen LogP contribution in [0.4, 0.5) is 0 Å². The molecule has 0 amide bonds. The Balaban J connectivity index is 1.86. The lowest BCUT2D eigenvalue weighted by Gasteiger charge is -2.31. The maximum absolute atomic E-state index is 5.91.